The summed E-state index contributed by atoms with van der Waals surface area (Å²) in [5.41, 5.74) is 1.02. The maximum absolute atomic E-state index is 12.7. The number of carbonyl (C=O) groups is 2. The molecule has 0 unspecified atom stereocenters. The molecule has 0 spiro atoms. The quantitative estimate of drug-likeness (QED) is 0.627. The van der Waals surface area contributed by atoms with Gasteiger partial charge in [0.05, 0.1) is 12.7 Å². The summed E-state index contributed by atoms with van der Waals surface area (Å²) in [4.78, 5) is 29.4. The number of aromatic nitrogens is 1. The lowest BCUT2D eigenvalue weighted by atomic mass is 9.88. The summed E-state index contributed by atoms with van der Waals surface area (Å²) < 4.78 is 5.63. The fourth-order valence-corrected chi connectivity index (χ4v) is 3.46. The van der Waals surface area contributed by atoms with Gasteiger partial charge in [-0.2, -0.15) is 5.26 Å². The lowest BCUT2D eigenvalue weighted by Crippen LogP contribution is -2.24. The lowest BCUT2D eigenvalue weighted by molar-refractivity contribution is -0.120. The maximum Gasteiger partial charge on any atom is 0.256 e. The third-order valence-corrected chi connectivity index (χ3v) is 5.06. The van der Waals surface area contributed by atoms with Crippen molar-refractivity contribution < 1.29 is 14.3 Å². The van der Waals surface area contributed by atoms with Gasteiger partial charge in [-0.1, -0.05) is 25.3 Å². The largest absolute Gasteiger partial charge is 0.490 e. The van der Waals surface area contributed by atoms with Gasteiger partial charge in [-0.3, -0.25) is 9.59 Å². The number of ether oxygens (including phenoxy) is 1. The first-order valence-electron chi connectivity index (χ1n) is 10.3. The van der Waals surface area contributed by atoms with Crippen LogP contribution in [0, 0.1) is 17.2 Å². The highest BCUT2D eigenvalue weighted by molar-refractivity contribution is 6.05. The molecule has 7 nitrogen and oxygen atoms in total. The second-order valence-corrected chi connectivity index (χ2v) is 7.32. The van der Waals surface area contributed by atoms with E-state index >= 15 is 0 Å². The number of hydrogen-bond donors (Lipinski definition) is 2. The number of hydrogen-bond acceptors (Lipinski definition) is 5. The van der Waals surface area contributed by atoms with Crippen LogP contribution < -0.4 is 15.4 Å². The van der Waals surface area contributed by atoms with E-state index in [2.05, 4.69) is 21.7 Å². The Hall–Kier alpha value is -3.40. The van der Waals surface area contributed by atoms with Crippen LogP contribution in [-0.4, -0.2) is 23.4 Å². The lowest BCUT2D eigenvalue weighted by Gasteiger charge is -2.20. The Labute approximate surface area is 176 Å². The predicted octanol–water partition coefficient (Wildman–Crippen LogP) is 4.54. The van der Waals surface area contributed by atoms with Crippen molar-refractivity contribution in [3.05, 3.63) is 48.2 Å². The van der Waals surface area contributed by atoms with Gasteiger partial charge in [0.1, 0.15) is 0 Å². The van der Waals surface area contributed by atoms with Crippen LogP contribution in [0.25, 0.3) is 0 Å². The number of carbonyl (C=O) groups excluding carboxylic acids is 2. The molecule has 7 heteroatoms. The molecule has 1 aromatic carbocycles. The predicted molar refractivity (Wildman–Crippen MR) is 114 cm³/mol. The zero-order valence-electron chi connectivity index (χ0n) is 16.9. The molecule has 1 heterocycles. The van der Waals surface area contributed by atoms with E-state index < -0.39 is 0 Å². The molecule has 3 rings (SSSR count). The number of nitrogens with one attached hydrogen (secondary N) is 2. The summed E-state index contributed by atoms with van der Waals surface area (Å²) in [6.07, 6.45) is 7.78. The molecule has 156 valence electrons. The van der Waals surface area contributed by atoms with Crippen LogP contribution in [0.4, 0.5) is 11.5 Å². The smallest absolute Gasteiger partial charge is 0.256 e. The molecule has 0 bridgehead atoms. The Balaban J connectivity index is 1.63. The molecule has 30 heavy (non-hydrogen) atoms. The number of unbranched alkanes of at least 4 members (excludes halogenated alkanes) is 1. The molecule has 2 amide bonds. The second-order valence-electron chi connectivity index (χ2n) is 7.32. The van der Waals surface area contributed by atoms with Gasteiger partial charge < -0.3 is 15.4 Å². The summed E-state index contributed by atoms with van der Waals surface area (Å²) in [6, 6.07) is 12.4. The van der Waals surface area contributed by atoms with Gasteiger partial charge in [-0.15, -0.1) is 0 Å². The van der Waals surface area contributed by atoms with Gasteiger partial charge in [-0.25, -0.2) is 4.98 Å². The Bertz CT molecular complexity index is 917. The van der Waals surface area contributed by atoms with Crippen molar-refractivity contribution in [1.82, 2.24) is 4.98 Å². The zero-order chi connectivity index (χ0) is 21.2. The van der Waals surface area contributed by atoms with E-state index in [4.69, 9.17) is 10.00 Å². The van der Waals surface area contributed by atoms with E-state index in [0.29, 0.717) is 42.3 Å². The Kier molecular flexibility index (Phi) is 7.78. The SMILES string of the molecule is N#CCCCOc1cccnc1NC(=O)c1cccc(NC(=O)C2CCCCC2)c1. The standard InChI is InChI=1S/C23H26N4O3/c24-13-4-5-15-30-20-12-7-14-25-21(20)27-23(29)18-10-6-11-19(16-18)26-22(28)17-8-2-1-3-9-17/h6-7,10-12,14,16-17H,1-5,8-9,15H2,(H,26,28)(H,25,27,29). The zero-order valence-corrected chi connectivity index (χ0v) is 16.9. The van der Waals surface area contributed by atoms with Gasteiger partial charge in [0.2, 0.25) is 5.91 Å². The molecule has 0 aliphatic heterocycles. The molecule has 0 atom stereocenters. The van der Waals surface area contributed by atoms with Crippen LogP contribution in [0.15, 0.2) is 42.6 Å². The summed E-state index contributed by atoms with van der Waals surface area (Å²) in [6.45, 7) is 0.366. The number of anilines is 2. The van der Waals surface area contributed by atoms with E-state index in [1.807, 2.05) is 0 Å². The van der Waals surface area contributed by atoms with Gasteiger partial charge in [0.15, 0.2) is 11.6 Å². The topological polar surface area (TPSA) is 104 Å². The summed E-state index contributed by atoms with van der Waals surface area (Å²) in [5, 5.41) is 14.3. The molecule has 0 radical (unpaired) electrons. The Morgan fingerprint density at radius 2 is 1.97 bits per heavy atom. The number of nitriles is 1. The van der Waals surface area contributed by atoms with Crippen LogP contribution >= 0.6 is 0 Å². The molecule has 1 fully saturated rings. The third kappa shape index (κ3) is 6.05. The van der Waals surface area contributed by atoms with E-state index in [0.717, 1.165) is 25.7 Å². The molecule has 1 saturated carbocycles. The Morgan fingerprint density at radius 1 is 1.13 bits per heavy atom. The van der Waals surface area contributed by atoms with Crippen molar-refractivity contribution in [1.29, 1.82) is 5.26 Å². The van der Waals surface area contributed by atoms with E-state index in [-0.39, 0.29) is 17.7 Å². The Morgan fingerprint density at radius 3 is 2.77 bits per heavy atom. The van der Waals surface area contributed by atoms with Gasteiger partial charge in [0.25, 0.3) is 5.91 Å². The first-order valence-corrected chi connectivity index (χ1v) is 10.3. The van der Waals surface area contributed by atoms with Crippen molar-refractivity contribution >= 4 is 23.3 Å². The van der Waals surface area contributed by atoms with Crippen molar-refractivity contribution in [2.75, 3.05) is 17.2 Å². The average Bonchev–Trinajstić information content (AvgIpc) is 2.78. The van der Waals surface area contributed by atoms with Crippen molar-refractivity contribution in [2.45, 2.75) is 44.9 Å². The summed E-state index contributed by atoms with van der Waals surface area (Å²) in [5.74, 6) is 0.488. The third-order valence-electron chi connectivity index (χ3n) is 5.06. The summed E-state index contributed by atoms with van der Waals surface area (Å²) in [7, 11) is 0. The van der Waals surface area contributed by atoms with Gasteiger partial charge >= 0.3 is 0 Å². The number of pyridine rings is 1. The highest BCUT2D eigenvalue weighted by atomic mass is 16.5. The fraction of sp³-hybridized carbons (Fsp3) is 0.391. The highest BCUT2D eigenvalue weighted by Crippen LogP contribution is 2.26. The highest BCUT2D eigenvalue weighted by Gasteiger charge is 2.21. The molecule has 1 aliphatic carbocycles. The molecule has 1 aliphatic rings. The van der Waals surface area contributed by atoms with Gasteiger partial charge in [-0.05, 0) is 49.6 Å². The second kappa shape index (κ2) is 11.0. The molecule has 0 saturated heterocycles. The molecular formula is C23H26N4O3. The van der Waals surface area contributed by atoms with Crippen LogP contribution in [0.3, 0.4) is 0 Å². The number of benzene rings is 1. The number of amides is 2. The number of rotatable bonds is 8. The minimum atomic E-state index is -0.343. The molecule has 2 aromatic rings. The van der Waals surface area contributed by atoms with Crippen molar-refractivity contribution in [3.8, 4) is 11.8 Å². The minimum Gasteiger partial charge on any atom is -0.490 e. The average molecular weight is 406 g/mol. The fourth-order valence-electron chi connectivity index (χ4n) is 3.46. The maximum atomic E-state index is 12.7. The van der Waals surface area contributed by atoms with Crippen LogP contribution in [-0.2, 0) is 4.79 Å². The van der Waals surface area contributed by atoms with E-state index in [9.17, 15) is 9.59 Å². The minimum absolute atomic E-state index is 0.0186. The van der Waals surface area contributed by atoms with Crippen molar-refractivity contribution in [2.24, 2.45) is 5.92 Å². The molecular weight excluding hydrogens is 380 g/mol. The van der Waals surface area contributed by atoms with Crippen LogP contribution in [0.1, 0.15) is 55.3 Å². The summed E-state index contributed by atoms with van der Waals surface area (Å²) >= 11 is 0. The number of nitrogens with zero attached hydrogens (tertiary/aromatic N) is 2. The molecule has 2 N–H and O–H groups in total. The van der Waals surface area contributed by atoms with Crippen LogP contribution in [0.2, 0.25) is 0 Å². The van der Waals surface area contributed by atoms with E-state index in [1.54, 1.807) is 42.6 Å². The van der Waals surface area contributed by atoms with Crippen LogP contribution in [0.5, 0.6) is 5.75 Å². The van der Waals surface area contributed by atoms with Crippen molar-refractivity contribution in [3.63, 3.8) is 0 Å². The normalized spacial score (nSPS) is 13.8. The first-order chi connectivity index (χ1) is 14.7. The monoisotopic (exact) mass is 406 g/mol. The van der Waals surface area contributed by atoms with E-state index in [1.165, 1.54) is 6.42 Å². The van der Waals surface area contributed by atoms with Gasteiger partial charge in [0, 0.05) is 29.8 Å². The molecule has 1 aromatic heterocycles. The first kappa shape index (κ1) is 21.3.